The molecule has 0 N–H and O–H groups in total. The van der Waals surface area contributed by atoms with Crippen LogP contribution in [0.25, 0.3) is 12.2 Å². The topological polar surface area (TPSA) is 61.0 Å². The third kappa shape index (κ3) is 2.93. The molecule has 2 aromatic rings. The van der Waals surface area contributed by atoms with Crippen molar-refractivity contribution in [2.75, 3.05) is 13.2 Å². The minimum absolute atomic E-state index is 0.259. The van der Waals surface area contributed by atoms with Gasteiger partial charge in [-0.15, -0.1) is 0 Å². The van der Waals surface area contributed by atoms with Gasteiger partial charge in [0.05, 0.1) is 6.61 Å². The molecule has 1 saturated heterocycles. The average molecular weight is 271 g/mol. The van der Waals surface area contributed by atoms with E-state index in [0.29, 0.717) is 12.5 Å². The zero-order chi connectivity index (χ0) is 13.8. The Morgan fingerprint density at radius 3 is 3.10 bits per heavy atom. The highest BCUT2D eigenvalue weighted by molar-refractivity contribution is 5.66. The Hall–Kier alpha value is -2.01. The zero-order valence-electron chi connectivity index (χ0n) is 11.5. The van der Waals surface area contributed by atoms with Crippen molar-refractivity contribution in [1.82, 2.24) is 15.1 Å². The molecule has 3 heterocycles. The number of nitrogens with zero attached hydrogens (tertiary/aromatic N) is 3. The molecule has 0 aliphatic carbocycles. The Morgan fingerprint density at radius 2 is 2.30 bits per heavy atom. The minimum atomic E-state index is 0.259. The van der Waals surface area contributed by atoms with Gasteiger partial charge in [-0.2, -0.15) is 4.98 Å². The van der Waals surface area contributed by atoms with Gasteiger partial charge in [-0.05, 0) is 37.5 Å². The number of hydrogen-bond donors (Lipinski definition) is 0. The summed E-state index contributed by atoms with van der Waals surface area (Å²) in [5.74, 6) is 1.52. The molecule has 0 spiro atoms. The Bertz CT molecular complexity index is 601. The van der Waals surface area contributed by atoms with Gasteiger partial charge in [0, 0.05) is 30.5 Å². The lowest BCUT2D eigenvalue weighted by atomic mass is 10.0. The maximum atomic E-state index is 5.44. The molecule has 1 fully saturated rings. The number of rotatable bonds is 3. The van der Waals surface area contributed by atoms with Gasteiger partial charge in [0.25, 0.3) is 5.89 Å². The lowest BCUT2D eigenvalue weighted by Gasteiger charge is -2.18. The van der Waals surface area contributed by atoms with Crippen molar-refractivity contribution in [3.63, 3.8) is 0 Å². The fourth-order valence-electron chi connectivity index (χ4n) is 2.26. The van der Waals surface area contributed by atoms with Crippen LogP contribution in [0.5, 0.6) is 0 Å². The SMILES string of the molecule is Cc1ncccc1C=Cc1nc(C2CCCOC2)no1. The van der Waals surface area contributed by atoms with Crippen molar-refractivity contribution in [3.8, 4) is 0 Å². The van der Waals surface area contributed by atoms with Crippen LogP contribution in [-0.2, 0) is 4.74 Å². The summed E-state index contributed by atoms with van der Waals surface area (Å²) in [6.45, 7) is 3.49. The van der Waals surface area contributed by atoms with Crippen LogP contribution in [0, 0.1) is 6.92 Å². The van der Waals surface area contributed by atoms with Gasteiger partial charge >= 0.3 is 0 Å². The number of ether oxygens (including phenoxy) is 1. The van der Waals surface area contributed by atoms with Crippen molar-refractivity contribution in [3.05, 3.63) is 41.3 Å². The molecule has 0 saturated carbocycles. The van der Waals surface area contributed by atoms with Gasteiger partial charge in [-0.3, -0.25) is 4.98 Å². The van der Waals surface area contributed by atoms with E-state index >= 15 is 0 Å². The molecular formula is C15H17N3O2. The molecule has 0 aromatic carbocycles. The standard InChI is InChI=1S/C15H17N3O2/c1-11-12(4-2-8-16-11)6-7-14-17-15(18-20-14)13-5-3-9-19-10-13/h2,4,6-8,13H,3,5,9-10H2,1H3. The Labute approximate surface area is 117 Å². The highest BCUT2D eigenvalue weighted by Gasteiger charge is 2.20. The second-order valence-electron chi connectivity index (χ2n) is 4.92. The third-order valence-electron chi connectivity index (χ3n) is 3.44. The van der Waals surface area contributed by atoms with E-state index in [1.54, 1.807) is 6.20 Å². The first kappa shape index (κ1) is 13.0. The highest BCUT2D eigenvalue weighted by atomic mass is 16.5. The van der Waals surface area contributed by atoms with Gasteiger partial charge in [-0.25, -0.2) is 0 Å². The first-order valence-electron chi connectivity index (χ1n) is 6.84. The molecule has 104 valence electrons. The predicted octanol–water partition coefficient (Wildman–Crippen LogP) is 2.84. The fraction of sp³-hybridized carbons (Fsp3) is 0.400. The van der Waals surface area contributed by atoms with E-state index in [1.165, 1.54) is 0 Å². The lowest BCUT2D eigenvalue weighted by Crippen LogP contribution is -2.16. The zero-order valence-corrected chi connectivity index (χ0v) is 11.5. The highest BCUT2D eigenvalue weighted by Crippen LogP contribution is 2.23. The summed E-state index contributed by atoms with van der Waals surface area (Å²) >= 11 is 0. The summed E-state index contributed by atoms with van der Waals surface area (Å²) in [5.41, 5.74) is 2.03. The second kappa shape index (κ2) is 5.96. The summed E-state index contributed by atoms with van der Waals surface area (Å²) in [7, 11) is 0. The largest absolute Gasteiger partial charge is 0.381 e. The quantitative estimate of drug-likeness (QED) is 0.859. The van der Waals surface area contributed by atoms with Crippen molar-refractivity contribution in [2.45, 2.75) is 25.7 Å². The van der Waals surface area contributed by atoms with Crippen LogP contribution < -0.4 is 0 Å². The summed E-state index contributed by atoms with van der Waals surface area (Å²) in [5, 5.41) is 4.04. The lowest BCUT2D eigenvalue weighted by molar-refractivity contribution is 0.0773. The number of pyridine rings is 1. The van der Waals surface area contributed by atoms with Crippen LogP contribution in [0.4, 0.5) is 0 Å². The van der Waals surface area contributed by atoms with E-state index in [-0.39, 0.29) is 5.92 Å². The van der Waals surface area contributed by atoms with E-state index in [4.69, 9.17) is 9.26 Å². The number of aryl methyl sites for hydroxylation is 1. The van der Waals surface area contributed by atoms with Crippen molar-refractivity contribution < 1.29 is 9.26 Å². The van der Waals surface area contributed by atoms with Crippen molar-refractivity contribution in [1.29, 1.82) is 0 Å². The monoisotopic (exact) mass is 271 g/mol. The second-order valence-corrected chi connectivity index (χ2v) is 4.92. The van der Waals surface area contributed by atoms with Crippen LogP contribution in [0.2, 0.25) is 0 Å². The molecular weight excluding hydrogens is 254 g/mol. The van der Waals surface area contributed by atoms with Gasteiger partial charge in [0.15, 0.2) is 5.82 Å². The molecule has 2 aromatic heterocycles. The van der Waals surface area contributed by atoms with E-state index in [0.717, 1.165) is 36.5 Å². The first-order valence-corrected chi connectivity index (χ1v) is 6.84. The number of aromatic nitrogens is 3. The van der Waals surface area contributed by atoms with Gasteiger partial charge in [-0.1, -0.05) is 11.2 Å². The first-order chi connectivity index (χ1) is 9.83. The maximum Gasteiger partial charge on any atom is 0.250 e. The van der Waals surface area contributed by atoms with Crippen LogP contribution in [0.15, 0.2) is 22.9 Å². The minimum Gasteiger partial charge on any atom is -0.381 e. The molecule has 5 heteroatoms. The van der Waals surface area contributed by atoms with E-state index in [2.05, 4.69) is 15.1 Å². The molecule has 0 bridgehead atoms. The maximum absolute atomic E-state index is 5.44. The van der Waals surface area contributed by atoms with E-state index in [9.17, 15) is 0 Å². The Balaban J connectivity index is 1.72. The predicted molar refractivity (Wildman–Crippen MR) is 75.0 cm³/mol. The van der Waals surface area contributed by atoms with E-state index < -0.39 is 0 Å². The van der Waals surface area contributed by atoms with Gasteiger partial charge in [0.1, 0.15) is 0 Å². The van der Waals surface area contributed by atoms with Crippen molar-refractivity contribution in [2.24, 2.45) is 0 Å². The smallest absolute Gasteiger partial charge is 0.250 e. The normalized spacial score (nSPS) is 19.6. The van der Waals surface area contributed by atoms with Gasteiger partial charge in [0.2, 0.25) is 0 Å². The molecule has 1 unspecified atom stereocenters. The third-order valence-corrected chi connectivity index (χ3v) is 3.44. The van der Waals surface area contributed by atoms with Crippen LogP contribution in [-0.4, -0.2) is 28.3 Å². The van der Waals surface area contributed by atoms with Crippen LogP contribution >= 0.6 is 0 Å². The molecule has 0 amide bonds. The van der Waals surface area contributed by atoms with Gasteiger partial charge < -0.3 is 9.26 Å². The van der Waals surface area contributed by atoms with Crippen LogP contribution in [0.1, 0.15) is 41.7 Å². The van der Waals surface area contributed by atoms with Crippen molar-refractivity contribution >= 4 is 12.2 Å². The van der Waals surface area contributed by atoms with E-state index in [1.807, 2.05) is 31.2 Å². The summed E-state index contributed by atoms with van der Waals surface area (Å²) in [6.07, 6.45) is 7.66. The Morgan fingerprint density at radius 1 is 1.35 bits per heavy atom. The molecule has 20 heavy (non-hydrogen) atoms. The molecule has 1 aliphatic rings. The summed E-state index contributed by atoms with van der Waals surface area (Å²) < 4.78 is 10.7. The van der Waals surface area contributed by atoms with Crippen LogP contribution in [0.3, 0.4) is 0 Å². The summed E-state index contributed by atoms with van der Waals surface area (Å²) in [4.78, 5) is 8.65. The summed E-state index contributed by atoms with van der Waals surface area (Å²) in [6, 6.07) is 3.91. The Kier molecular flexibility index (Phi) is 3.87. The average Bonchev–Trinajstić information content (AvgIpc) is 2.96. The molecule has 0 radical (unpaired) electrons. The molecule has 5 nitrogen and oxygen atoms in total. The fourth-order valence-corrected chi connectivity index (χ4v) is 2.26. The number of hydrogen-bond acceptors (Lipinski definition) is 5. The molecule has 3 rings (SSSR count). The molecule has 1 atom stereocenters. The molecule has 1 aliphatic heterocycles.